The average Bonchev–Trinajstić information content (AvgIpc) is 2.76. The number of carbonyl (C=O) groups excluding carboxylic acids is 1. The van der Waals surface area contributed by atoms with Gasteiger partial charge in [0.1, 0.15) is 6.33 Å². The first-order chi connectivity index (χ1) is 7.81. The van der Waals surface area contributed by atoms with Crippen LogP contribution < -0.4 is 5.32 Å². The van der Waals surface area contributed by atoms with E-state index < -0.39 is 0 Å². The summed E-state index contributed by atoms with van der Waals surface area (Å²) in [6, 6.07) is 0. The van der Waals surface area contributed by atoms with Crippen molar-refractivity contribution in [2.75, 3.05) is 19.6 Å². The fourth-order valence-electron chi connectivity index (χ4n) is 1.63. The Labute approximate surface area is 93.6 Å². The third-order valence-electron chi connectivity index (χ3n) is 2.49. The molecule has 6 nitrogen and oxygen atoms in total. The van der Waals surface area contributed by atoms with Crippen molar-refractivity contribution in [3.8, 4) is 12.3 Å². The van der Waals surface area contributed by atoms with Gasteiger partial charge in [-0.1, -0.05) is 5.92 Å². The highest BCUT2D eigenvalue weighted by Crippen LogP contribution is 2.08. The summed E-state index contributed by atoms with van der Waals surface area (Å²) in [6.07, 6.45) is 6.77. The van der Waals surface area contributed by atoms with Crippen LogP contribution in [0.15, 0.2) is 6.33 Å². The summed E-state index contributed by atoms with van der Waals surface area (Å²) in [4.78, 5) is 13.5. The van der Waals surface area contributed by atoms with E-state index in [2.05, 4.69) is 21.4 Å². The van der Waals surface area contributed by atoms with Crippen LogP contribution in [0.4, 0.5) is 0 Å². The first kappa shape index (κ1) is 10.6. The van der Waals surface area contributed by atoms with Gasteiger partial charge in [0.05, 0.1) is 19.6 Å². The van der Waals surface area contributed by atoms with Gasteiger partial charge in [-0.15, -0.1) is 16.6 Å². The normalized spacial score (nSPS) is 14.3. The van der Waals surface area contributed by atoms with E-state index in [0.29, 0.717) is 19.6 Å². The van der Waals surface area contributed by atoms with Gasteiger partial charge in [-0.25, -0.2) is 0 Å². The minimum absolute atomic E-state index is 0.0458. The van der Waals surface area contributed by atoms with Gasteiger partial charge >= 0.3 is 0 Å². The number of rotatable bonds is 3. The predicted octanol–water partition coefficient (Wildman–Crippen LogP) is -1.16. The molecule has 0 saturated carbocycles. The fraction of sp³-hybridized carbons (Fsp3) is 0.500. The van der Waals surface area contributed by atoms with E-state index in [1.807, 2.05) is 4.57 Å². The Morgan fingerprint density at radius 2 is 2.50 bits per heavy atom. The van der Waals surface area contributed by atoms with Crippen LogP contribution in [-0.2, 0) is 17.9 Å². The zero-order valence-corrected chi connectivity index (χ0v) is 8.89. The Balaban J connectivity index is 1.89. The maximum absolute atomic E-state index is 11.7. The van der Waals surface area contributed by atoms with Crippen molar-refractivity contribution in [2.45, 2.75) is 13.1 Å². The molecule has 1 aliphatic rings. The minimum atomic E-state index is 0.0458. The summed E-state index contributed by atoms with van der Waals surface area (Å²) < 4.78 is 1.96. The van der Waals surface area contributed by atoms with Crippen molar-refractivity contribution in [1.29, 1.82) is 0 Å². The summed E-state index contributed by atoms with van der Waals surface area (Å²) in [7, 11) is 0. The van der Waals surface area contributed by atoms with Crippen LogP contribution in [0, 0.1) is 12.3 Å². The Hall–Kier alpha value is -1.87. The van der Waals surface area contributed by atoms with Gasteiger partial charge in [0.25, 0.3) is 0 Å². The highest BCUT2D eigenvalue weighted by molar-refractivity contribution is 5.78. The molecule has 1 aliphatic heterocycles. The Morgan fingerprint density at radius 3 is 3.31 bits per heavy atom. The molecule has 0 radical (unpaired) electrons. The first-order valence-corrected chi connectivity index (χ1v) is 5.10. The fourth-order valence-corrected chi connectivity index (χ4v) is 1.63. The number of terminal acetylenes is 1. The second-order valence-electron chi connectivity index (χ2n) is 3.56. The zero-order chi connectivity index (χ0) is 11.4. The summed E-state index contributed by atoms with van der Waals surface area (Å²) in [6.45, 7) is 2.66. The molecule has 0 saturated heterocycles. The quantitative estimate of drug-likeness (QED) is 0.514. The molecule has 0 aliphatic carbocycles. The van der Waals surface area contributed by atoms with E-state index in [1.54, 1.807) is 11.2 Å². The monoisotopic (exact) mass is 219 g/mol. The van der Waals surface area contributed by atoms with Gasteiger partial charge in [0.15, 0.2) is 5.82 Å². The van der Waals surface area contributed by atoms with Crippen molar-refractivity contribution in [3.05, 3.63) is 12.2 Å². The van der Waals surface area contributed by atoms with Gasteiger partial charge in [-0.3, -0.25) is 10.1 Å². The maximum atomic E-state index is 11.7. The largest absolute Gasteiger partial charge is 0.332 e. The van der Waals surface area contributed by atoms with Crippen LogP contribution in [0.1, 0.15) is 5.82 Å². The summed E-state index contributed by atoms with van der Waals surface area (Å²) >= 11 is 0. The van der Waals surface area contributed by atoms with Crippen LogP contribution in [0.3, 0.4) is 0 Å². The van der Waals surface area contributed by atoms with Gasteiger partial charge in [0, 0.05) is 13.1 Å². The van der Waals surface area contributed by atoms with Crippen molar-refractivity contribution < 1.29 is 4.79 Å². The number of amides is 1. The second kappa shape index (κ2) is 4.77. The first-order valence-electron chi connectivity index (χ1n) is 5.10. The Morgan fingerprint density at radius 1 is 1.62 bits per heavy atom. The van der Waals surface area contributed by atoms with Crippen molar-refractivity contribution >= 4 is 5.91 Å². The van der Waals surface area contributed by atoms with E-state index in [-0.39, 0.29) is 12.5 Å². The van der Waals surface area contributed by atoms with E-state index >= 15 is 0 Å². The Kier molecular flexibility index (Phi) is 3.17. The molecule has 1 aromatic heterocycles. The van der Waals surface area contributed by atoms with Gasteiger partial charge in [-0.2, -0.15) is 0 Å². The molecule has 0 bridgehead atoms. The van der Waals surface area contributed by atoms with E-state index in [0.717, 1.165) is 12.4 Å². The zero-order valence-electron chi connectivity index (χ0n) is 8.89. The minimum Gasteiger partial charge on any atom is -0.332 e. The number of hydrogen-bond donors (Lipinski definition) is 1. The molecule has 1 N–H and O–H groups in total. The number of nitrogens with zero attached hydrogens (tertiary/aromatic N) is 4. The summed E-state index contributed by atoms with van der Waals surface area (Å²) in [5.74, 6) is 3.31. The van der Waals surface area contributed by atoms with E-state index in [9.17, 15) is 4.79 Å². The molecule has 0 fully saturated rings. The van der Waals surface area contributed by atoms with Gasteiger partial charge in [0.2, 0.25) is 5.91 Å². The van der Waals surface area contributed by atoms with Crippen LogP contribution in [0.25, 0.3) is 0 Å². The molecule has 6 heteroatoms. The Bertz CT molecular complexity index is 419. The molecule has 1 aromatic rings. The van der Waals surface area contributed by atoms with Gasteiger partial charge in [-0.05, 0) is 0 Å². The molecule has 0 aromatic carbocycles. The van der Waals surface area contributed by atoms with Crippen molar-refractivity contribution in [1.82, 2.24) is 25.0 Å². The third kappa shape index (κ3) is 2.20. The molecule has 0 spiro atoms. The lowest BCUT2D eigenvalue weighted by Gasteiger charge is -2.27. The average molecular weight is 219 g/mol. The van der Waals surface area contributed by atoms with E-state index in [1.165, 1.54) is 0 Å². The molecular weight excluding hydrogens is 206 g/mol. The summed E-state index contributed by atoms with van der Waals surface area (Å²) in [5, 5.41) is 10.6. The number of fused-ring (bicyclic) bond motifs is 1. The van der Waals surface area contributed by atoms with Gasteiger partial charge < -0.3 is 9.47 Å². The van der Waals surface area contributed by atoms with Crippen molar-refractivity contribution in [3.63, 3.8) is 0 Å². The lowest BCUT2D eigenvalue weighted by Crippen LogP contribution is -2.42. The molecule has 0 atom stereocenters. The van der Waals surface area contributed by atoms with Crippen LogP contribution in [0.5, 0.6) is 0 Å². The highest BCUT2D eigenvalue weighted by Gasteiger charge is 2.20. The number of nitrogens with one attached hydrogen (secondary N) is 1. The molecule has 84 valence electrons. The lowest BCUT2D eigenvalue weighted by molar-refractivity contribution is -0.131. The van der Waals surface area contributed by atoms with E-state index in [4.69, 9.17) is 6.42 Å². The number of carbonyl (C=O) groups is 1. The maximum Gasteiger partial charge on any atom is 0.237 e. The SMILES string of the molecule is C#CCNCC(=O)N1CCn2cnnc2C1. The molecule has 1 amide bonds. The molecule has 2 rings (SSSR count). The standard InChI is InChI=1S/C10H13N5O/c1-2-3-11-6-10(16)14-4-5-15-8-12-13-9(15)7-14/h1,8,11H,3-7H2. The third-order valence-corrected chi connectivity index (χ3v) is 2.49. The van der Waals surface area contributed by atoms with Crippen molar-refractivity contribution in [2.24, 2.45) is 0 Å². The molecule has 0 unspecified atom stereocenters. The van der Waals surface area contributed by atoms with Crippen LogP contribution >= 0.6 is 0 Å². The summed E-state index contributed by atoms with van der Waals surface area (Å²) in [5.41, 5.74) is 0. The molecule has 16 heavy (non-hydrogen) atoms. The second-order valence-corrected chi connectivity index (χ2v) is 3.56. The topological polar surface area (TPSA) is 63.1 Å². The number of aromatic nitrogens is 3. The van der Waals surface area contributed by atoms with Crippen LogP contribution in [-0.4, -0.2) is 45.2 Å². The predicted molar refractivity (Wildman–Crippen MR) is 57.1 cm³/mol. The number of hydrogen-bond acceptors (Lipinski definition) is 4. The molecular formula is C10H13N5O. The molecule has 2 heterocycles. The highest BCUT2D eigenvalue weighted by atomic mass is 16.2. The smallest absolute Gasteiger partial charge is 0.237 e. The lowest BCUT2D eigenvalue weighted by atomic mass is 10.3. The van der Waals surface area contributed by atoms with Crippen LogP contribution in [0.2, 0.25) is 0 Å².